The van der Waals surface area contributed by atoms with E-state index < -0.39 is 29.1 Å². The molecular weight excluding hydrogens is 335 g/mol. The predicted octanol–water partition coefficient (Wildman–Crippen LogP) is 1.94. The van der Waals surface area contributed by atoms with Crippen LogP contribution in [-0.2, 0) is 11.0 Å². The first-order valence-electron chi connectivity index (χ1n) is 8.13. The average Bonchev–Trinajstić information content (AvgIpc) is 2.58. The second-order valence-electron chi connectivity index (χ2n) is 6.56. The van der Waals surface area contributed by atoms with Gasteiger partial charge in [-0.15, -0.1) is 0 Å². The Hall–Kier alpha value is -2.09. The second-order valence-corrected chi connectivity index (χ2v) is 6.56. The highest BCUT2D eigenvalue weighted by Gasteiger charge is 2.35. The van der Waals surface area contributed by atoms with E-state index in [-0.39, 0.29) is 12.0 Å². The van der Waals surface area contributed by atoms with Crippen LogP contribution in [0.4, 0.5) is 13.2 Å². The summed E-state index contributed by atoms with van der Waals surface area (Å²) in [5.41, 5.74) is -1.52. The number of halogens is 3. The number of carbonyl (C=O) groups excluding carboxylic acids is 2. The van der Waals surface area contributed by atoms with Crippen molar-refractivity contribution in [1.82, 2.24) is 16.0 Å². The number of carbonyl (C=O) groups is 2. The van der Waals surface area contributed by atoms with E-state index in [0.717, 1.165) is 38.1 Å². The number of hydrogen-bond donors (Lipinski definition) is 3. The number of amides is 2. The SMILES string of the molecule is CC1(CNC(=O)CNC(=O)c2ccccc2C(F)(F)F)CCNCC1. The van der Waals surface area contributed by atoms with Crippen LogP contribution in [0.5, 0.6) is 0 Å². The maximum atomic E-state index is 12.9. The van der Waals surface area contributed by atoms with Crippen molar-refractivity contribution in [3.05, 3.63) is 35.4 Å². The summed E-state index contributed by atoms with van der Waals surface area (Å²) in [4.78, 5) is 23.9. The predicted molar refractivity (Wildman–Crippen MR) is 87.0 cm³/mol. The van der Waals surface area contributed by atoms with Gasteiger partial charge in [-0.2, -0.15) is 13.2 Å². The number of hydrogen-bond acceptors (Lipinski definition) is 3. The van der Waals surface area contributed by atoms with Crippen LogP contribution in [0.1, 0.15) is 35.7 Å². The van der Waals surface area contributed by atoms with Crippen LogP contribution in [-0.4, -0.2) is 38.0 Å². The second kappa shape index (κ2) is 7.86. The molecule has 5 nitrogen and oxygen atoms in total. The van der Waals surface area contributed by atoms with Crippen molar-refractivity contribution in [2.45, 2.75) is 25.9 Å². The van der Waals surface area contributed by atoms with Gasteiger partial charge in [-0.05, 0) is 43.5 Å². The number of rotatable bonds is 5. The van der Waals surface area contributed by atoms with Gasteiger partial charge in [-0.25, -0.2) is 0 Å². The lowest BCUT2D eigenvalue weighted by Gasteiger charge is -2.34. The Balaban J connectivity index is 1.87. The molecule has 1 heterocycles. The molecule has 0 atom stereocenters. The fourth-order valence-corrected chi connectivity index (χ4v) is 2.77. The molecule has 0 aliphatic carbocycles. The minimum absolute atomic E-state index is 0.00615. The molecule has 0 radical (unpaired) electrons. The van der Waals surface area contributed by atoms with Crippen molar-refractivity contribution in [2.75, 3.05) is 26.2 Å². The van der Waals surface area contributed by atoms with Crippen molar-refractivity contribution < 1.29 is 22.8 Å². The third-order valence-corrected chi connectivity index (χ3v) is 4.41. The summed E-state index contributed by atoms with van der Waals surface area (Å²) in [6.45, 7) is 3.96. The van der Waals surface area contributed by atoms with Gasteiger partial charge in [0.1, 0.15) is 0 Å². The van der Waals surface area contributed by atoms with Gasteiger partial charge in [-0.1, -0.05) is 19.1 Å². The molecule has 0 bridgehead atoms. The van der Waals surface area contributed by atoms with Gasteiger partial charge in [0.2, 0.25) is 5.91 Å². The average molecular weight is 357 g/mol. The van der Waals surface area contributed by atoms with Crippen LogP contribution in [0.3, 0.4) is 0 Å². The monoisotopic (exact) mass is 357 g/mol. The summed E-state index contributed by atoms with van der Waals surface area (Å²) in [5, 5.41) is 8.23. The molecule has 138 valence electrons. The van der Waals surface area contributed by atoms with E-state index in [1.54, 1.807) is 0 Å². The number of nitrogens with one attached hydrogen (secondary N) is 3. The van der Waals surface area contributed by atoms with Gasteiger partial charge >= 0.3 is 6.18 Å². The lowest BCUT2D eigenvalue weighted by Crippen LogP contribution is -2.45. The van der Waals surface area contributed by atoms with Gasteiger partial charge in [0.15, 0.2) is 0 Å². The van der Waals surface area contributed by atoms with Crippen LogP contribution in [0, 0.1) is 5.41 Å². The van der Waals surface area contributed by atoms with Gasteiger partial charge in [-0.3, -0.25) is 9.59 Å². The first kappa shape index (κ1) is 19.2. The fourth-order valence-electron chi connectivity index (χ4n) is 2.77. The molecule has 3 N–H and O–H groups in total. The van der Waals surface area contributed by atoms with Crippen LogP contribution < -0.4 is 16.0 Å². The zero-order valence-electron chi connectivity index (χ0n) is 14.0. The Labute approximate surface area is 144 Å². The van der Waals surface area contributed by atoms with Crippen LogP contribution in [0.25, 0.3) is 0 Å². The zero-order chi connectivity index (χ0) is 18.5. The number of piperidine rings is 1. The van der Waals surface area contributed by atoms with E-state index in [1.165, 1.54) is 12.1 Å². The Morgan fingerprint density at radius 2 is 1.80 bits per heavy atom. The van der Waals surface area contributed by atoms with E-state index in [2.05, 4.69) is 22.9 Å². The maximum absolute atomic E-state index is 12.9. The van der Waals surface area contributed by atoms with Gasteiger partial charge in [0.05, 0.1) is 17.7 Å². The van der Waals surface area contributed by atoms with E-state index in [0.29, 0.717) is 6.54 Å². The van der Waals surface area contributed by atoms with Gasteiger partial charge in [0.25, 0.3) is 5.91 Å². The molecule has 1 fully saturated rings. The first-order chi connectivity index (χ1) is 11.7. The number of alkyl halides is 3. The lowest BCUT2D eigenvalue weighted by molar-refractivity contribution is -0.137. The summed E-state index contributed by atoms with van der Waals surface area (Å²) >= 11 is 0. The van der Waals surface area contributed by atoms with E-state index in [1.807, 2.05) is 0 Å². The molecule has 0 saturated carbocycles. The largest absolute Gasteiger partial charge is 0.417 e. The molecule has 1 saturated heterocycles. The van der Waals surface area contributed by atoms with Crippen molar-refractivity contribution >= 4 is 11.8 Å². The lowest BCUT2D eigenvalue weighted by atomic mass is 9.81. The molecule has 1 aliphatic heterocycles. The Bertz CT molecular complexity index is 626. The third kappa shape index (κ3) is 5.45. The summed E-state index contributed by atoms with van der Waals surface area (Å²) in [7, 11) is 0. The Morgan fingerprint density at radius 3 is 2.44 bits per heavy atom. The summed E-state index contributed by atoms with van der Waals surface area (Å²) in [6.07, 6.45) is -2.77. The highest BCUT2D eigenvalue weighted by molar-refractivity contribution is 5.97. The van der Waals surface area contributed by atoms with Crippen molar-refractivity contribution in [3.63, 3.8) is 0 Å². The van der Waals surface area contributed by atoms with E-state index in [9.17, 15) is 22.8 Å². The molecule has 2 amide bonds. The summed E-state index contributed by atoms with van der Waals surface area (Å²) < 4.78 is 38.7. The van der Waals surface area contributed by atoms with Crippen molar-refractivity contribution in [3.8, 4) is 0 Å². The van der Waals surface area contributed by atoms with Crippen molar-refractivity contribution in [2.24, 2.45) is 5.41 Å². The topological polar surface area (TPSA) is 70.2 Å². The molecule has 2 rings (SSSR count). The minimum Gasteiger partial charge on any atom is -0.354 e. The van der Waals surface area contributed by atoms with Crippen LogP contribution in [0.2, 0.25) is 0 Å². The zero-order valence-corrected chi connectivity index (χ0v) is 14.0. The molecule has 25 heavy (non-hydrogen) atoms. The van der Waals surface area contributed by atoms with Crippen LogP contribution >= 0.6 is 0 Å². The van der Waals surface area contributed by atoms with E-state index in [4.69, 9.17) is 0 Å². The smallest absolute Gasteiger partial charge is 0.354 e. The van der Waals surface area contributed by atoms with Crippen LogP contribution in [0.15, 0.2) is 24.3 Å². The molecule has 0 unspecified atom stereocenters. The highest BCUT2D eigenvalue weighted by atomic mass is 19.4. The first-order valence-corrected chi connectivity index (χ1v) is 8.13. The van der Waals surface area contributed by atoms with E-state index >= 15 is 0 Å². The molecule has 0 aromatic heterocycles. The minimum atomic E-state index is -4.63. The molecule has 1 aromatic rings. The third-order valence-electron chi connectivity index (χ3n) is 4.41. The van der Waals surface area contributed by atoms with Gasteiger partial charge in [0, 0.05) is 6.54 Å². The molecule has 1 aliphatic rings. The van der Waals surface area contributed by atoms with Crippen molar-refractivity contribution in [1.29, 1.82) is 0 Å². The quantitative estimate of drug-likeness (QED) is 0.754. The normalized spacial score (nSPS) is 17.0. The number of benzene rings is 1. The molecular formula is C17H22F3N3O2. The fraction of sp³-hybridized carbons (Fsp3) is 0.529. The molecule has 0 spiro atoms. The molecule has 1 aromatic carbocycles. The Kier molecular flexibility index (Phi) is 6.05. The van der Waals surface area contributed by atoms with Gasteiger partial charge < -0.3 is 16.0 Å². The summed E-state index contributed by atoms with van der Waals surface area (Å²) in [5.74, 6) is -1.34. The maximum Gasteiger partial charge on any atom is 0.417 e. The summed E-state index contributed by atoms with van der Waals surface area (Å²) in [6, 6.07) is 4.49. The Morgan fingerprint density at radius 1 is 1.16 bits per heavy atom. The standard InChI is InChI=1S/C17H22F3N3O2/c1-16(6-8-21-9-7-16)11-23-14(24)10-22-15(25)12-4-2-3-5-13(12)17(18,19)20/h2-5,21H,6-11H2,1H3,(H,22,25)(H,23,24). The molecule has 8 heteroatoms. The highest BCUT2D eigenvalue weighted by Crippen LogP contribution is 2.31.